The molecule has 0 amide bonds. The van der Waals surface area contributed by atoms with Gasteiger partial charge < -0.3 is 9.84 Å². The Kier molecular flexibility index (Phi) is 4.06. The van der Waals surface area contributed by atoms with Crippen LogP contribution < -0.4 is 0 Å². The Balaban J connectivity index is 3.01. The highest BCUT2D eigenvalue weighted by atomic mass is 16.5. The molecule has 0 unspecified atom stereocenters. The van der Waals surface area contributed by atoms with Gasteiger partial charge in [0, 0.05) is 0 Å². The predicted octanol–water partition coefficient (Wildman–Crippen LogP) is 1.49. The van der Waals surface area contributed by atoms with E-state index in [2.05, 4.69) is 11.3 Å². The number of carbonyl (C=O) groups excluding carboxylic acids is 1. The molecule has 0 radical (unpaired) electrons. The molecule has 0 aliphatic rings. The van der Waals surface area contributed by atoms with Crippen molar-refractivity contribution in [2.45, 2.75) is 12.0 Å². The third kappa shape index (κ3) is 2.67. The van der Waals surface area contributed by atoms with Crippen LogP contribution in [-0.2, 0) is 9.53 Å². The van der Waals surface area contributed by atoms with E-state index in [0.29, 0.717) is 0 Å². The summed E-state index contributed by atoms with van der Waals surface area (Å²) >= 11 is 0. The maximum atomic E-state index is 11.5. The number of hydrogen-bond acceptors (Lipinski definition) is 3. The van der Waals surface area contributed by atoms with Crippen LogP contribution in [0.15, 0.2) is 43.0 Å². The summed E-state index contributed by atoms with van der Waals surface area (Å²) in [5.74, 6) is -1.16. The first-order valence-electron chi connectivity index (χ1n) is 4.64. The number of ether oxygens (including phenoxy) is 1. The number of aliphatic hydroxyl groups is 1. The van der Waals surface area contributed by atoms with Crippen molar-refractivity contribution >= 4 is 5.97 Å². The summed E-state index contributed by atoms with van der Waals surface area (Å²) in [6.45, 7) is 3.47. The molecule has 3 heteroatoms. The first-order valence-corrected chi connectivity index (χ1v) is 4.64. The fourth-order valence-corrected chi connectivity index (χ4v) is 1.40. The Morgan fingerprint density at radius 1 is 1.47 bits per heavy atom. The van der Waals surface area contributed by atoms with Crippen LogP contribution in [0.5, 0.6) is 0 Å². The number of esters is 1. The second-order valence-electron chi connectivity index (χ2n) is 3.14. The van der Waals surface area contributed by atoms with Gasteiger partial charge in [-0.3, -0.25) is 4.79 Å². The predicted molar refractivity (Wildman–Crippen MR) is 57.4 cm³/mol. The molecule has 0 spiro atoms. The minimum Gasteiger partial charge on any atom is -0.468 e. The summed E-state index contributed by atoms with van der Waals surface area (Å²) in [5.41, 5.74) is 0.719. The molecule has 1 aromatic carbocycles. The molecule has 0 heterocycles. The van der Waals surface area contributed by atoms with Crippen LogP contribution in [0.3, 0.4) is 0 Å². The first-order chi connectivity index (χ1) is 7.20. The third-order valence-electron chi connectivity index (χ3n) is 2.20. The van der Waals surface area contributed by atoms with E-state index >= 15 is 0 Å². The molecule has 1 rings (SSSR count). The molecule has 1 N–H and O–H groups in total. The van der Waals surface area contributed by atoms with Crippen molar-refractivity contribution in [3.8, 4) is 0 Å². The number of benzene rings is 1. The average Bonchev–Trinajstić information content (AvgIpc) is 2.30. The van der Waals surface area contributed by atoms with Gasteiger partial charge in [-0.1, -0.05) is 36.4 Å². The molecule has 3 nitrogen and oxygen atoms in total. The van der Waals surface area contributed by atoms with Crippen LogP contribution in [0.4, 0.5) is 0 Å². The van der Waals surface area contributed by atoms with Crippen molar-refractivity contribution in [3.63, 3.8) is 0 Å². The standard InChI is InChI=1S/C12H14O3/c1-3-10(13)11(12(14)15-2)9-7-5-4-6-8-9/h3-8,10-11,13H,1H2,2H3/t10-,11+/m0/s1. The largest absolute Gasteiger partial charge is 0.468 e. The van der Waals surface area contributed by atoms with Gasteiger partial charge in [0.05, 0.1) is 13.2 Å². The Morgan fingerprint density at radius 3 is 2.53 bits per heavy atom. The molecule has 80 valence electrons. The van der Waals surface area contributed by atoms with E-state index in [4.69, 9.17) is 0 Å². The minimum absolute atomic E-state index is 0.464. The Hall–Kier alpha value is -1.61. The number of carbonyl (C=O) groups is 1. The SMILES string of the molecule is C=C[C@H](O)[C@H](C(=O)OC)c1ccccc1. The van der Waals surface area contributed by atoms with E-state index in [1.807, 2.05) is 6.07 Å². The highest BCUT2D eigenvalue weighted by molar-refractivity contribution is 5.79. The smallest absolute Gasteiger partial charge is 0.316 e. The zero-order chi connectivity index (χ0) is 11.3. The fraction of sp³-hybridized carbons (Fsp3) is 0.250. The minimum atomic E-state index is -0.931. The zero-order valence-electron chi connectivity index (χ0n) is 8.59. The van der Waals surface area contributed by atoms with Crippen LogP contribution >= 0.6 is 0 Å². The van der Waals surface area contributed by atoms with Crippen LogP contribution in [0.1, 0.15) is 11.5 Å². The van der Waals surface area contributed by atoms with Gasteiger partial charge in [0.2, 0.25) is 0 Å². The van der Waals surface area contributed by atoms with Crippen LogP contribution in [0.25, 0.3) is 0 Å². The maximum Gasteiger partial charge on any atom is 0.316 e. The summed E-state index contributed by atoms with van der Waals surface area (Å²) in [7, 11) is 1.30. The molecule has 0 aliphatic carbocycles. The topological polar surface area (TPSA) is 46.5 Å². The van der Waals surface area contributed by atoms with E-state index < -0.39 is 18.0 Å². The van der Waals surface area contributed by atoms with Crippen LogP contribution in [0, 0.1) is 0 Å². The molecule has 2 atom stereocenters. The van der Waals surface area contributed by atoms with E-state index in [-0.39, 0.29) is 0 Å². The maximum absolute atomic E-state index is 11.5. The lowest BCUT2D eigenvalue weighted by molar-refractivity contribution is -0.144. The van der Waals surface area contributed by atoms with Crippen LogP contribution in [0.2, 0.25) is 0 Å². The monoisotopic (exact) mass is 206 g/mol. The molecule has 0 bridgehead atoms. The summed E-state index contributed by atoms with van der Waals surface area (Å²) in [6, 6.07) is 9.00. The highest BCUT2D eigenvalue weighted by Gasteiger charge is 2.27. The average molecular weight is 206 g/mol. The lowest BCUT2D eigenvalue weighted by Gasteiger charge is -2.18. The molecular formula is C12H14O3. The lowest BCUT2D eigenvalue weighted by Crippen LogP contribution is -2.25. The zero-order valence-corrected chi connectivity index (χ0v) is 8.59. The van der Waals surface area contributed by atoms with Gasteiger partial charge in [-0.15, -0.1) is 6.58 Å². The van der Waals surface area contributed by atoms with Gasteiger partial charge in [-0.25, -0.2) is 0 Å². The van der Waals surface area contributed by atoms with Gasteiger partial charge in [0.1, 0.15) is 5.92 Å². The van der Waals surface area contributed by atoms with Crippen molar-refractivity contribution in [2.75, 3.05) is 7.11 Å². The molecule has 0 aliphatic heterocycles. The number of hydrogen-bond donors (Lipinski definition) is 1. The second kappa shape index (κ2) is 5.32. The van der Waals surface area contributed by atoms with Gasteiger partial charge in [-0.05, 0) is 5.56 Å². The van der Waals surface area contributed by atoms with Gasteiger partial charge in [-0.2, -0.15) is 0 Å². The van der Waals surface area contributed by atoms with Crippen molar-refractivity contribution in [2.24, 2.45) is 0 Å². The molecule has 1 aromatic rings. The first kappa shape index (κ1) is 11.5. The van der Waals surface area contributed by atoms with E-state index in [1.165, 1.54) is 13.2 Å². The molecule has 0 saturated heterocycles. The molecular weight excluding hydrogens is 192 g/mol. The van der Waals surface area contributed by atoms with Crippen molar-refractivity contribution in [1.29, 1.82) is 0 Å². The van der Waals surface area contributed by atoms with E-state index in [9.17, 15) is 9.90 Å². The molecule has 0 saturated carbocycles. The normalized spacial score (nSPS) is 14.0. The molecule has 0 aromatic heterocycles. The van der Waals surface area contributed by atoms with E-state index in [1.54, 1.807) is 24.3 Å². The fourth-order valence-electron chi connectivity index (χ4n) is 1.40. The van der Waals surface area contributed by atoms with Gasteiger partial charge >= 0.3 is 5.97 Å². The van der Waals surface area contributed by atoms with Crippen molar-refractivity contribution < 1.29 is 14.6 Å². The Labute approximate surface area is 89.0 Å². The summed E-state index contributed by atoms with van der Waals surface area (Å²) in [4.78, 5) is 11.5. The van der Waals surface area contributed by atoms with Gasteiger partial charge in [0.15, 0.2) is 0 Å². The third-order valence-corrected chi connectivity index (χ3v) is 2.20. The lowest BCUT2D eigenvalue weighted by atomic mass is 9.93. The summed E-state index contributed by atoms with van der Waals surface area (Å²) < 4.78 is 4.64. The molecule has 0 fully saturated rings. The second-order valence-corrected chi connectivity index (χ2v) is 3.14. The highest BCUT2D eigenvalue weighted by Crippen LogP contribution is 2.21. The number of rotatable bonds is 4. The van der Waals surface area contributed by atoms with Crippen LogP contribution in [-0.4, -0.2) is 24.3 Å². The Morgan fingerprint density at radius 2 is 2.07 bits per heavy atom. The van der Waals surface area contributed by atoms with Crippen molar-refractivity contribution in [1.82, 2.24) is 0 Å². The number of methoxy groups -OCH3 is 1. The summed E-state index contributed by atoms with van der Waals surface area (Å²) in [6.07, 6.45) is 0.397. The summed E-state index contributed by atoms with van der Waals surface area (Å²) in [5, 5.41) is 9.65. The Bertz CT molecular complexity index is 332. The number of aliphatic hydroxyl groups excluding tert-OH is 1. The van der Waals surface area contributed by atoms with Gasteiger partial charge in [0.25, 0.3) is 0 Å². The van der Waals surface area contributed by atoms with E-state index in [0.717, 1.165) is 5.56 Å². The quantitative estimate of drug-likeness (QED) is 0.599. The van der Waals surface area contributed by atoms with Crippen molar-refractivity contribution in [3.05, 3.63) is 48.6 Å². The molecule has 15 heavy (non-hydrogen) atoms.